The van der Waals surface area contributed by atoms with Gasteiger partial charge in [-0.15, -0.1) is 0 Å². The molecule has 1 aliphatic heterocycles. The number of amides is 1. The Kier molecular flexibility index (Phi) is 5.43. The van der Waals surface area contributed by atoms with Gasteiger partial charge in [0.15, 0.2) is 11.5 Å². The number of hydrogen-bond acceptors (Lipinski definition) is 4. The summed E-state index contributed by atoms with van der Waals surface area (Å²) in [4.78, 5) is 12.6. The molecule has 5 nitrogen and oxygen atoms in total. The normalized spacial score (nSPS) is 13.4. The Morgan fingerprint density at radius 1 is 1.12 bits per heavy atom. The van der Waals surface area contributed by atoms with Gasteiger partial charge in [-0.05, 0) is 49.2 Å². The van der Waals surface area contributed by atoms with Crippen molar-refractivity contribution >= 4 is 5.91 Å². The van der Waals surface area contributed by atoms with Crippen LogP contribution in [0.5, 0.6) is 17.2 Å². The van der Waals surface area contributed by atoms with Crippen LogP contribution in [0.25, 0.3) is 0 Å². The SMILES string of the molecule is CCCC(NC(=O)c1ccc2c(c1)OCO2)c1ccc(OCC)cc1. The van der Waals surface area contributed by atoms with Crippen molar-refractivity contribution in [1.82, 2.24) is 5.32 Å². The summed E-state index contributed by atoms with van der Waals surface area (Å²) < 4.78 is 16.1. The summed E-state index contributed by atoms with van der Waals surface area (Å²) in [7, 11) is 0. The van der Waals surface area contributed by atoms with Crippen molar-refractivity contribution < 1.29 is 19.0 Å². The molecule has 1 atom stereocenters. The van der Waals surface area contributed by atoms with Crippen LogP contribution in [0.2, 0.25) is 0 Å². The lowest BCUT2D eigenvalue weighted by atomic mass is 10.0. The first kappa shape index (κ1) is 17.1. The molecule has 2 aromatic rings. The summed E-state index contributed by atoms with van der Waals surface area (Å²) in [5, 5.41) is 3.12. The van der Waals surface area contributed by atoms with Crippen LogP contribution < -0.4 is 19.5 Å². The fourth-order valence-electron chi connectivity index (χ4n) is 2.85. The van der Waals surface area contributed by atoms with Crippen LogP contribution in [0.3, 0.4) is 0 Å². The fourth-order valence-corrected chi connectivity index (χ4v) is 2.85. The molecule has 0 aliphatic carbocycles. The van der Waals surface area contributed by atoms with E-state index in [1.807, 2.05) is 31.2 Å². The van der Waals surface area contributed by atoms with Crippen molar-refractivity contribution in [1.29, 1.82) is 0 Å². The lowest BCUT2D eigenvalue weighted by Crippen LogP contribution is -2.28. The molecule has 5 heteroatoms. The Balaban J connectivity index is 1.73. The highest BCUT2D eigenvalue weighted by Gasteiger charge is 2.19. The van der Waals surface area contributed by atoms with Crippen LogP contribution in [0, 0.1) is 0 Å². The number of ether oxygens (including phenoxy) is 3. The van der Waals surface area contributed by atoms with Crippen LogP contribution in [0.15, 0.2) is 42.5 Å². The van der Waals surface area contributed by atoms with Crippen LogP contribution in [-0.4, -0.2) is 19.3 Å². The summed E-state index contributed by atoms with van der Waals surface area (Å²) in [5.41, 5.74) is 1.63. The van der Waals surface area contributed by atoms with Gasteiger partial charge in [0.05, 0.1) is 12.6 Å². The summed E-state index contributed by atoms with van der Waals surface area (Å²) in [6.07, 6.45) is 1.84. The molecule has 0 aromatic heterocycles. The molecule has 2 aromatic carbocycles. The van der Waals surface area contributed by atoms with Gasteiger partial charge in [-0.25, -0.2) is 0 Å². The average Bonchev–Trinajstić information content (AvgIpc) is 3.10. The third kappa shape index (κ3) is 4.05. The van der Waals surface area contributed by atoms with Gasteiger partial charge >= 0.3 is 0 Å². The minimum absolute atomic E-state index is 0.0430. The third-order valence-corrected chi connectivity index (χ3v) is 4.11. The molecule has 1 N–H and O–H groups in total. The lowest BCUT2D eigenvalue weighted by Gasteiger charge is -2.19. The molecule has 0 saturated carbocycles. The first-order chi connectivity index (χ1) is 12.2. The second-order valence-electron chi connectivity index (χ2n) is 5.88. The Labute approximate surface area is 147 Å². The zero-order valence-electron chi connectivity index (χ0n) is 14.6. The minimum Gasteiger partial charge on any atom is -0.494 e. The zero-order chi connectivity index (χ0) is 17.6. The van der Waals surface area contributed by atoms with Gasteiger partial charge in [0.2, 0.25) is 6.79 Å². The van der Waals surface area contributed by atoms with Crippen molar-refractivity contribution in [3.63, 3.8) is 0 Å². The molecule has 1 unspecified atom stereocenters. The molecule has 25 heavy (non-hydrogen) atoms. The van der Waals surface area contributed by atoms with Gasteiger partial charge in [0.25, 0.3) is 5.91 Å². The topological polar surface area (TPSA) is 56.8 Å². The molecule has 1 aliphatic rings. The molecule has 1 amide bonds. The zero-order valence-corrected chi connectivity index (χ0v) is 14.6. The van der Waals surface area contributed by atoms with Crippen molar-refractivity contribution in [3.8, 4) is 17.2 Å². The number of hydrogen-bond donors (Lipinski definition) is 1. The smallest absolute Gasteiger partial charge is 0.251 e. The highest BCUT2D eigenvalue weighted by molar-refractivity contribution is 5.95. The van der Waals surface area contributed by atoms with Crippen LogP contribution in [0.4, 0.5) is 0 Å². The highest BCUT2D eigenvalue weighted by Crippen LogP contribution is 2.32. The molecule has 132 valence electrons. The standard InChI is InChI=1S/C20H23NO4/c1-3-5-17(14-6-9-16(10-7-14)23-4-2)21-20(22)15-8-11-18-19(12-15)25-13-24-18/h6-12,17H,3-5,13H2,1-2H3,(H,21,22). The Bertz CT molecular complexity index is 727. The summed E-state index contributed by atoms with van der Waals surface area (Å²) in [6.45, 7) is 4.90. The van der Waals surface area contributed by atoms with Crippen LogP contribution in [0.1, 0.15) is 48.7 Å². The minimum atomic E-state index is -0.120. The molecule has 0 bridgehead atoms. The molecule has 0 spiro atoms. The van der Waals surface area contributed by atoms with E-state index in [0.29, 0.717) is 23.7 Å². The number of benzene rings is 2. The number of fused-ring (bicyclic) bond motifs is 1. The van der Waals surface area contributed by atoms with E-state index >= 15 is 0 Å². The quantitative estimate of drug-likeness (QED) is 0.824. The maximum absolute atomic E-state index is 12.6. The fraction of sp³-hybridized carbons (Fsp3) is 0.350. The molecular formula is C20H23NO4. The Morgan fingerprint density at radius 3 is 2.60 bits per heavy atom. The van der Waals surface area contributed by atoms with Crippen LogP contribution >= 0.6 is 0 Å². The monoisotopic (exact) mass is 341 g/mol. The molecule has 0 radical (unpaired) electrons. The summed E-state index contributed by atoms with van der Waals surface area (Å²) >= 11 is 0. The number of rotatable bonds is 7. The molecule has 1 heterocycles. The van der Waals surface area contributed by atoms with Crippen molar-refractivity contribution in [2.45, 2.75) is 32.7 Å². The van der Waals surface area contributed by atoms with E-state index in [2.05, 4.69) is 12.2 Å². The molecule has 0 fully saturated rings. The van der Waals surface area contributed by atoms with E-state index < -0.39 is 0 Å². The van der Waals surface area contributed by atoms with E-state index in [9.17, 15) is 4.79 Å². The predicted octanol–water partition coefficient (Wildman–Crippen LogP) is 4.09. The first-order valence-electron chi connectivity index (χ1n) is 8.64. The van der Waals surface area contributed by atoms with E-state index in [4.69, 9.17) is 14.2 Å². The lowest BCUT2D eigenvalue weighted by molar-refractivity contribution is 0.0934. The van der Waals surface area contributed by atoms with Gasteiger partial charge in [0.1, 0.15) is 5.75 Å². The summed E-state index contributed by atoms with van der Waals surface area (Å²) in [6, 6.07) is 13.1. The summed E-state index contributed by atoms with van der Waals surface area (Å²) in [5.74, 6) is 2.00. The Morgan fingerprint density at radius 2 is 1.88 bits per heavy atom. The van der Waals surface area contributed by atoms with Crippen LogP contribution in [-0.2, 0) is 0 Å². The van der Waals surface area contributed by atoms with E-state index in [1.54, 1.807) is 18.2 Å². The number of carbonyl (C=O) groups is 1. The molecule has 3 rings (SSSR count). The largest absolute Gasteiger partial charge is 0.494 e. The van der Waals surface area contributed by atoms with Gasteiger partial charge in [-0.2, -0.15) is 0 Å². The first-order valence-corrected chi connectivity index (χ1v) is 8.64. The second kappa shape index (κ2) is 7.92. The maximum Gasteiger partial charge on any atom is 0.251 e. The molecule has 0 saturated heterocycles. The van der Waals surface area contributed by atoms with Crippen molar-refractivity contribution in [2.75, 3.05) is 13.4 Å². The van der Waals surface area contributed by atoms with E-state index in [1.165, 1.54) is 0 Å². The second-order valence-corrected chi connectivity index (χ2v) is 5.88. The Hall–Kier alpha value is -2.69. The van der Waals surface area contributed by atoms with Crippen molar-refractivity contribution in [3.05, 3.63) is 53.6 Å². The van der Waals surface area contributed by atoms with Gasteiger partial charge < -0.3 is 19.5 Å². The van der Waals surface area contributed by atoms with Crippen molar-refractivity contribution in [2.24, 2.45) is 0 Å². The molecular weight excluding hydrogens is 318 g/mol. The van der Waals surface area contributed by atoms with Gasteiger partial charge in [0, 0.05) is 5.56 Å². The maximum atomic E-state index is 12.6. The predicted molar refractivity (Wildman–Crippen MR) is 95.3 cm³/mol. The third-order valence-electron chi connectivity index (χ3n) is 4.11. The average molecular weight is 341 g/mol. The number of carbonyl (C=O) groups excluding carboxylic acids is 1. The van der Waals surface area contributed by atoms with E-state index in [-0.39, 0.29) is 18.7 Å². The van der Waals surface area contributed by atoms with E-state index in [0.717, 1.165) is 24.2 Å². The van der Waals surface area contributed by atoms with Gasteiger partial charge in [-0.3, -0.25) is 4.79 Å². The van der Waals surface area contributed by atoms with Gasteiger partial charge in [-0.1, -0.05) is 25.5 Å². The highest BCUT2D eigenvalue weighted by atomic mass is 16.7. The number of nitrogens with one attached hydrogen (secondary N) is 1.